The number of likely N-dealkylation sites (N-methyl/N-ethyl adjacent to an activating group) is 1. The Labute approximate surface area is 124 Å². The van der Waals surface area contributed by atoms with Gasteiger partial charge in [-0.3, -0.25) is 4.98 Å². The number of benzene rings is 1. The lowest BCUT2D eigenvalue weighted by Gasteiger charge is -2.20. The lowest BCUT2D eigenvalue weighted by molar-refractivity contribution is 0.547. The monoisotopic (exact) mass is 292 g/mol. The number of aryl methyl sites for hydroxylation is 1. The molecule has 0 saturated carbocycles. The lowest BCUT2D eigenvalue weighted by atomic mass is 9.96. The summed E-state index contributed by atoms with van der Waals surface area (Å²) in [7, 11) is 0. The predicted molar refractivity (Wildman–Crippen MR) is 80.5 cm³/mol. The molecular weight excluding hydrogens is 275 g/mol. The normalized spacial score (nSPS) is 12.4. The summed E-state index contributed by atoms with van der Waals surface area (Å²) in [6, 6.07) is 6.92. The van der Waals surface area contributed by atoms with Crippen molar-refractivity contribution in [2.75, 3.05) is 6.54 Å². The van der Waals surface area contributed by atoms with Gasteiger partial charge in [0.1, 0.15) is 5.82 Å². The van der Waals surface area contributed by atoms with Crippen LogP contribution in [0.5, 0.6) is 0 Å². The van der Waals surface area contributed by atoms with Gasteiger partial charge in [-0.25, -0.2) is 4.39 Å². The molecule has 2 aromatic rings. The van der Waals surface area contributed by atoms with Crippen LogP contribution in [0.3, 0.4) is 0 Å². The molecule has 1 aromatic carbocycles. The van der Waals surface area contributed by atoms with Crippen molar-refractivity contribution in [1.29, 1.82) is 0 Å². The highest BCUT2D eigenvalue weighted by molar-refractivity contribution is 6.31. The van der Waals surface area contributed by atoms with E-state index in [2.05, 4.69) is 17.2 Å². The summed E-state index contributed by atoms with van der Waals surface area (Å²) >= 11 is 6.22. The fourth-order valence-corrected chi connectivity index (χ4v) is 2.57. The van der Waals surface area contributed by atoms with Crippen LogP contribution in [0, 0.1) is 12.7 Å². The van der Waals surface area contributed by atoms with Crippen LogP contribution < -0.4 is 5.32 Å². The van der Waals surface area contributed by atoms with Crippen LogP contribution in [0.25, 0.3) is 0 Å². The Morgan fingerprint density at radius 2 is 2.15 bits per heavy atom. The van der Waals surface area contributed by atoms with Crippen molar-refractivity contribution in [2.24, 2.45) is 0 Å². The van der Waals surface area contributed by atoms with Crippen LogP contribution in [0.1, 0.15) is 29.7 Å². The van der Waals surface area contributed by atoms with Gasteiger partial charge in [-0.2, -0.15) is 0 Å². The van der Waals surface area contributed by atoms with Gasteiger partial charge < -0.3 is 5.32 Å². The molecule has 2 rings (SSSR count). The lowest BCUT2D eigenvalue weighted by Crippen LogP contribution is -2.23. The summed E-state index contributed by atoms with van der Waals surface area (Å²) in [4.78, 5) is 4.01. The fraction of sp³-hybridized carbons (Fsp3) is 0.312. The number of halogens is 2. The number of hydrogen-bond acceptors (Lipinski definition) is 2. The molecule has 2 nitrogen and oxygen atoms in total. The minimum absolute atomic E-state index is 0.0969. The Hall–Kier alpha value is -1.45. The first kappa shape index (κ1) is 14.9. The summed E-state index contributed by atoms with van der Waals surface area (Å²) in [5.74, 6) is -0.201. The summed E-state index contributed by atoms with van der Waals surface area (Å²) in [6.07, 6.45) is 4.16. The van der Waals surface area contributed by atoms with E-state index in [0.29, 0.717) is 5.02 Å². The fourth-order valence-electron chi connectivity index (χ4n) is 2.32. The molecule has 1 atom stereocenters. The van der Waals surface area contributed by atoms with Gasteiger partial charge in [0, 0.05) is 18.4 Å². The second-order valence-corrected chi connectivity index (χ2v) is 5.19. The maximum Gasteiger partial charge on any atom is 0.123 e. The second kappa shape index (κ2) is 6.82. The molecule has 0 radical (unpaired) electrons. The van der Waals surface area contributed by atoms with E-state index >= 15 is 0 Å². The highest BCUT2D eigenvalue weighted by Gasteiger charge is 2.15. The standard InChI is InChI=1S/C16H18ClFN2/c1-3-20-16(14-6-7-19-10-15(14)17)9-12-4-5-13(18)8-11(12)2/h4-8,10,16,20H,3,9H2,1-2H3. The van der Waals surface area contributed by atoms with E-state index in [-0.39, 0.29) is 11.9 Å². The number of aromatic nitrogens is 1. The zero-order valence-corrected chi connectivity index (χ0v) is 12.4. The van der Waals surface area contributed by atoms with Gasteiger partial charge in [0.25, 0.3) is 0 Å². The average molecular weight is 293 g/mol. The smallest absolute Gasteiger partial charge is 0.123 e. The summed E-state index contributed by atoms with van der Waals surface area (Å²) in [6.45, 7) is 4.82. The molecule has 1 aromatic heterocycles. The molecule has 0 amide bonds. The van der Waals surface area contributed by atoms with Gasteiger partial charge in [0.2, 0.25) is 0 Å². The molecule has 4 heteroatoms. The maximum atomic E-state index is 13.2. The highest BCUT2D eigenvalue weighted by atomic mass is 35.5. The van der Waals surface area contributed by atoms with Crippen LogP contribution >= 0.6 is 11.6 Å². The van der Waals surface area contributed by atoms with Crippen LogP contribution in [-0.4, -0.2) is 11.5 Å². The third-order valence-corrected chi connectivity index (χ3v) is 3.67. The van der Waals surface area contributed by atoms with Gasteiger partial charge in [-0.1, -0.05) is 24.6 Å². The quantitative estimate of drug-likeness (QED) is 0.898. The molecule has 0 spiro atoms. The van der Waals surface area contributed by atoms with E-state index in [0.717, 1.165) is 29.7 Å². The van der Waals surface area contributed by atoms with Gasteiger partial charge in [-0.05, 0) is 54.8 Å². The Balaban J connectivity index is 2.28. The third-order valence-electron chi connectivity index (χ3n) is 3.36. The Morgan fingerprint density at radius 3 is 2.80 bits per heavy atom. The SMILES string of the molecule is CCNC(Cc1ccc(F)cc1C)c1ccncc1Cl. The van der Waals surface area contributed by atoms with Gasteiger partial charge in [-0.15, -0.1) is 0 Å². The van der Waals surface area contributed by atoms with Crippen molar-refractivity contribution in [2.45, 2.75) is 26.3 Å². The van der Waals surface area contributed by atoms with Crippen molar-refractivity contribution < 1.29 is 4.39 Å². The van der Waals surface area contributed by atoms with Crippen LogP contribution in [0.15, 0.2) is 36.7 Å². The average Bonchev–Trinajstić information content (AvgIpc) is 2.42. The van der Waals surface area contributed by atoms with Gasteiger partial charge in [0.15, 0.2) is 0 Å². The van der Waals surface area contributed by atoms with E-state index in [1.54, 1.807) is 18.5 Å². The molecule has 1 heterocycles. The van der Waals surface area contributed by atoms with E-state index in [1.807, 2.05) is 19.1 Å². The van der Waals surface area contributed by atoms with Crippen LogP contribution in [0.2, 0.25) is 5.02 Å². The first-order chi connectivity index (χ1) is 9.61. The predicted octanol–water partition coefficient (Wildman–Crippen LogP) is 4.08. The topological polar surface area (TPSA) is 24.9 Å². The van der Waals surface area contributed by atoms with Crippen LogP contribution in [0.4, 0.5) is 4.39 Å². The number of hydrogen-bond donors (Lipinski definition) is 1. The van der Waals surface area contributed by atoms with Crippen LogP contribution in [-0.2, 0) is 6.42 Å². The number of rotatable bonds is 5. The molecule has 1 N–H and O–H groups in total. The molecule has 106 valence electrons. The molecule has 0 aliphatic carbocycles. The van der Waals surface area contributed by atoms with Crippen molar-refractivity contribution in [1.82, 2.24) is 10.3 Å². The first-order valence-electron chi connectivity index (χ1n) is 6.69. The second-order valence-electron chi connectivity index (χ2n) is 4.78. The zero-order chi connectivity index (χ0) is 14.5. The van der Waals surface area contributed by atoms with Gasteiger partial charge in [0.05, 0.1) is 5.02 Å². The van der Waals surface area contributed by atoms with Crippen molar-refractivity contribution in [3.8, 4) is 0 Å². The van der Waals surface area contributed by atoms with E-state index in [9.17, 15) is 4.39 Å². The van der Waals surface area contributed by atoms with Crippen molar-refractivity contribution in [3.63, 3.8) is 0 Å². The van der Waals surface area contributed by atoms with E-state index in [4.69, 9.17) is 11.6 Å². The molecule has 20 heavy (non-hydrogen) atoms. The number of nitrogens with one attached hydrogen (secondary N) is 1. The first-order valence-corrected chi connectivity index (χ1v) is 7.07. The minimum Gasteiger partial charge on any atom is -0.310 e. The Kier molecular flexibility index (Phi) is 5.10. The minimum atomic E-state index is -0.201. The molecule has 0 aliphatic heterocycles. The summed E-state index contributed by atoms with van der Waals surface area (Å²) in [5.41, 5.74) is 3.09. The number of nitrogens with zero attached hydrogens (tertiary/aromatic N) is 1. The van der Waals surface area contributed by atoms with E-state index < -0.39 is 0 Å². The molecule has 0 aliphatic rings. The number of pyridine rings is 1. The summed E-state index contributed by atoms with van der Waals surface area (Å²) in [5, 5.41) is 4.08. The van der Waals surface area contributed by atoms with E-state index in [1.165, 1.54) is 6.07 Å². The van der Waals surface area contributed by atoms with Gasteiger partial charge >= 0.3 is 0 Å². The molecule has 0 fully saturated rings. The molecule has 0 saturated heterocycles. The molecular formula is C16H18ClFN2. The third kappa shape index (κ3) is 3.56. The van der Waals surface area contributed by atoms with Crippen molar-refractivity contribution in [3.05, 3.63) is 64.2 Å². The maximum absolute atomic E-state index is 13.2. The van der Waals surface area contributed by atoms with Crippen molar-refractivity contribution >= 4 is 11.6 Å². The molecule has 1 unspecified atom stereocenters. The molecule has 0 bridgehead atoms. The summed E-state index contributed by atoms with van der Waals surface area (Å²) < 4.78 is 13.2. The Bertz CT molecular complexity index is 586. The largest absolute Gasteiger partial charge is 0.310 e. The Morgan fingerprint density at radius 1 is 1.35 bits per heavy atom. The highest BCUT2D eigenvalue weighted by Crippen LogP contribution is 2.26. The zero-order valence-electron chi connectivity index (χ0n) is 11.7.